The lowest BCUT2D eigenvalue weighted by atomic mass is 9.90. The second-order valence-corrected chi connectivity index (χ2v) is 4.99. The van der Waals surface area contributed by atoms with E-state index in [-0.39, 0.29) is 5.41 Å². The van der Waals surface area contributed by atoms with Crippen LogP contribution in [0.3, 0.4) is 0 Å². The number of hydrogen-bond donors (Lipinski definition) is 1. The highest BCUT2D eigenvalue weighted by atomic mass is 16.5. The molecule has 2 N–H and O–H groups in total. The van der Waals surface area contributed by atoms with Crippen molar-refractivity contribution in [3.8, 4) is 11.8 Å². The summed E-state index contributed by atoms with van der Waals surface area (Å²) in [4.78, 5) is 0. The van der Waals surface area contributed by atoms with Crippen LogP contribution in [-0.2, 0) is 0 Å². The molecule has 0 amide bonds. The van der Waals surface area contributed by atoms with E-state index in [9.17, 15) is 0 Å². The van der Waals surface area contributed by atoms with Gasteiger partial charge >= 0.3 is 0 Å². The van der Waals surface area contributed by atoms with Crippen molar-refractivity contribution in [1.82, 2.24) is 0 Å². The zero-order valence-electron chi connectivity index (χ0n) is 10.8. The molecule has 0 fully saturated rings. The van der Waals surface area contributed by atoms with E-state index in [4.69, 9.17) is 15.7 Å². The molecule has 0 unspecified atom stereocenters. The molecule has 17 heavy (non-hydrogen) atoms. The van der Waals surface area contributed by atoms with Crippen LogP contribution >= 0.6 is 0 Å². The maximum atomic E-state index is 8.87. The fourth-order valence-corrected chi connectivity index (χ4v) is 1.55. The Morgan fingerprint density at radius 1 is 1.41 bits per heavy atom. The lowest BCUT2D eigenvalue weighted by molar-refractivity contribution is 0.285. The van der Waals surface area contributed by atoms with Gasteiger partial charge in [-0.25, -0.2) is 0 Å². The van der Waals surface area contributed by atoms with E-state index in [2.05, 4.69) is 6.07 Å². The first-order chi connectivity index (χ1) is 7.94. The zero-order valence-corrected chi connectivity index (χ0v) is 10.8. The Labute approximate surface area is 103 Å². The molecular formula is C14H20N2O. The second kappa shape index (κ2) is 5.58. The minimum absolute atomic E-state index is 0.276. The molecule has 0 saturated heterocycles. The number of nitriles is 1. The Balaban J connectivity index is 2.39. The molecule has 0 spiro atoms. The van der Waals surface area contributed by atoms with Crippen LogP contribution < -0.4 is 10.5 Å². The molecule has 0 heterocycles. The SMILES string of the molecule is Cc1ccc(OCCCC(C)(C)C#N)c(N)c1. The van der Waals surface area contributed by atoms with E-state index >= 15 is 0 Å². The molecule has 0 bridgehead atoms. The van der Waals surface area contributed by atoms with Gasteiger partial charge in [0.15, 0.2) is 0 Å². The normalized spacial score (nSPS) is 10.9. The third kappa shape index (κ3) is 4.36. The van der Waals surface area contributed by atoms with Crippen LogP contribution in [0.5, 0.6) is 5.75 Å². The van der Waals surface area contributed by atoms with E-state index in [0.29, 0.717) is 12.3 Å². The topological polar surface area (TPSA) is 59.0 Å². The molecule has 1 rings (SSSR count). The minimum atomic E-state index is -0.276. The lowest BCUT2D eigenvalue weighted by Gasteiger charge is -2.15. The number of nitrogens with zero attached hydrogens (tertiary/aromatic N) is 1. The van der Waals surface area contributed by atoms with Gasteiger partial charge in [0.05, 0.1) is 23.8 Å². The number of nitrogen functional groups attached to an aromatic ring is 1. The standard InChI is InChI=1S/C14H20N2O/c1-11-5-6-13(12(16)9-11)17-8-4-7-14(2,3)10-15/h5-6,9H,4,7-8,16H2,1-3H3. The van der Waals surface area contributed by atoms with Crippen LogP contribution in [0.25, 0.3) is 0 Å². The first kappa shape index (κ1) is 13.4. The van der Waals surface area contributed by atoms with Crippen molar-refractivity contribution in [2.45, 2.75) is 33.6 Å². The smallest absolute Gasteiger partial charge is 0.142 e. The fourth-order valence-electron chi connectivity index (χ4n) is 1.55. The predicted molar refractivity (Wildman–Crippen MR) is 69.7 cm³/mol. The zero-order chi connectivity index (χ0) is 12.9. The molecule has 0 aliphatic heterocycles. The number of anilines is 1. The highest BCUT2D eigenvalue weighted by Gasteiger charge is 2.15. The Morgan fingerprint density at radius 3 is 2.71 bits per heavy atom. The summed E-state index contributed by atoms with van der Waals surface area (Å²) in [6.45, 7) is 6.47. The summed E-state index contributed by atoms with van der Waals surface area (Å²) in [5.74, 6) is 0.727. The van der Waals surface area contributed by atoms with Crippen molar-refractivity contribution in [3.63, 3.8) is 0 Å². The van der Waals surface area contributed by atoms with Crippen LogP contribution in [0.2, 0.25) is 0 Å². The quantitative estimate of drug-likeness (QED) is 0.626. The van der Waals surface area contributed by atoms with E-state index < -0.39 is 0 Å². The van der Waals surface area contributed by atoms with E-state index in [1.807, 2.05) is 39.0 Å². The summed E-state index contributed by atoms with van der Waals surface area (Å²) in [6, 6.07) is 8.04. The fraction of sp³-hybridized carbons (Fsp3) is 0.500. The Morgan fingerprint density at radius 2 is 2.12 bits per heavy atom. The van der Waals surface area contributed by atoms with Crippen LogP contribution in [0.15, 0.2) is 18.2 Å². The van der Waals surface area contributed by atoms with E-state index in [1.165, 1.54) is 0 Å². The monoisotopic (exact) mass is 232 g/mol. The highest BCUT2D eigenvalue weighted by molar-refractivity contribution is 5.53. The number of aryl methyl sites for hydroxylation is 1. The summed E-state index contributed by atoms with van der Waals surface area (Å²) in [5, 5.41) is 8.87. The van der Waals surface area contributed by atoms with Gasteiger partial charge in [0.1, 0.15) is 5.75 Å². The summed E-state index contributed by atoms with van der Waals surface area (Å²) in [7, 11) is 0. The lowest BCUT2D eigenvalue weighted by Crippen LogP contribution is -2.10. The number of benzene rings is 1. The van der Waals surface area contributed by atoms with Crippen molar-refractivity contribution < 1.29 is 4.74 Å². The van der Waals surface area contributed by atoms with Crippen molar-refractivity contribution in [2.75, 3.05) is 12.3 Å². The van der Waals surface area contributed by atoms with Crippen molar-refractivity contribution >= 4 is 5.69 Å². The molecule has 0 aliphatic rings. The van der Waals surface area contributed by atoms with Crippen molar-refractivity contribution in [1.29, 1.82) is 5.26 Å². The summed E-state index contributed by atoms with van der Waals surface area (Å²) < 4.78 is 5.60. The molecule has 92 valence electrons. The minimum Gasteiger partial charge on any atom is -0.491 e. The molecule has 0 radical (unpaired) electrons. The summed E-state index contributed by atoms with van der Waals surface area (Å²) in [5.41, 5.74) is 7.36. The van der Waals surface area contributed by atoms with Crippen LogP contribution in [0.1, 0.15) is 32.3 Å². The van der Waals surface area contributed by atoms with Crippen LogP contribution in [0, 0.1) is 23.7 Å². The van der Waals surface area contributed by atoms with Gasteiger partial charge in [0.25, 0.3) is 0 Å². The van der Waals surface area contributed by atoms with Crippen LogP contribution in [0.4, 0.5) is 5.69 Å². The van der Waals surface area contributed by atoms with Gasteiger partial charge in [0.2, 0.25) is 0 Å². The molecule has 0 aromatic heterocycles. The van der Waals surface area contributed by atoms with Gasteiger partial charge in [-0.15, -0.1) is 0 Å². The van der Waals surface area contributed by atoms with Crippen LogP contribution in [-0.4, -0.2) is 6.61 Å². The highest BCUT2D eigenvalue weighted by Crippen LogP contribution is 2.24. The molecule has 0 aliphatic carbocycles. The Kier molecular flexibility index (Phi) is 4.39. The first-order valence-electron chi connectivity index (χ1n) is 5.85. The average molecular weight is 232 g/mol. The second-order valence-electron chi connectivity index (χ2n) is 4.99. The number of hydrogen-bond acceptors (Lipinski definition) is 3. The molecule has 3 nitrogen and oxygen atoms in total. The van der Waals surface area contributed by atoms with Gasteiger partial charge in [-0.05, 0) is 51.3 Å². The third-order valence-corrected chi connectivity index (χ3v) is 2.67. The largest absolute Gasteiger partial charge is 0.491 e. The summed E-state index contributed by atoms with van der Waals surface area (Å²) in [6.07, 6.45) is 1.68. The van der Waals surface area contributed by atoms with Gasteiger partial charge in [-0.1, -0.05) is 6.07 Å². The molecule has 3 heteroatoms. The maximum Gasteiger partial charge on any atom is 0.142 e. The van der Waals surface area contributed by atoms with Gasteiger partial charge in [-0.2, -0.15) is 5.26 Å². The molecule has 1 aromatic rings. The molecule has 0 saturated carbocycles. The van der Waals surface area contributed by atoms with Gasteiger partial charge < -0.3 is 10.5 Å². The Hall–Kier alpha value is -1.69. The number of rotatable bonds is 5. The van der Waals surface area contributed by atoms with E-state index in [0.717, 1.165) is 24.2 Å². The average Bonchev–Trinajstić information content (AvgIpc) is 2.27. The summed E-state index contributed by atoms with van der Waals surface area (Å²) >= 11 is 0. The number of ether oxygens (including phenoxy) is 1. The molecule has 1 aromatic carbocycles. The Bertz CT molecular complexity index is 419. The first-order valence-corrected chi connectivity index (χ1v) is 5.85. The van der Waals surface area contributed by atoms with E-state index in [1.54, 1.807) is 0 Å². The van der Waals surface area contributed by atoms with Crippen molar-refractivity contribution in [3.05, 3.63) is 23.8 Å². The molecular weight excluding hydrogens is 212 g/mol. The predicted octanol–water partition coefficient (Wildman–Crippen LogP) is 3.29. The maximum absolute atomic E-state index is 8.87. The third-order valence-electron chi connectivity index (χ3n) is 2.67. The van der Waals surface area contributed by atoms with Crippen molar-refractivity contribution in [2.24, 2.45) is 5.41 Å². The van der Waals surface area contributed by atoms with Gasteiger partial charge in [-0.3, -0.25) is 0 Å². The molecule has 0 atom stereocenters. The number of nitrogens with two attached hydrogens (primary N) is 1. The van der Waals surface area contributed by atoms with Gasteiger partial charge in [0, 0.05) is 0 Å².